The van der Waals surface area contributed by atoms with E-state index in [1.807, 2.05) is 0 Å². The van der Waals surface area contributed by atoms with Crippen molar-refractivity contribution >= 4 is 22.5 Å². The van der Waals surface area contributed by atoms with E-state index in [1.54, 1.807) is 0 Å². The second kappa shape index (κ2) is 4.62. The van der Waals surface area contributed by atoms with Crippen LogP contribution in [0.25, 0.3) is 0 Å². The molecule has 0 bridgehead atoms. The highest BCUT2D eigenvalue weighted by molar-refractivity contribution is 6.68. The number of nitro benzene ring substituents is 1. The van der Waals surface area contributed by atoms with Crippen LogP contribution in [-0.2, 0) is 6.18 Å². The molecule has 0 atom stereocenters. The summed E-state index contributed by atoms with van der Waals surface area (Å²) >= 11 is 4.94. The molecule has 0 aliphatic rings. The molecule has 0 aliphatic carbocycles. The van der Waals surface area contributed by atoms with Gasteiger partial charge in [0.2, 0.25) is 0 Å². The van der Waals surface area contributed by atoms with Crippen molar-refractivity contribution in [1.82, 2.24) is 0 Å². The third-order valence-corrected chi connectivity index (χ3v) is 2.17. The quantitative estimate of drug-likeness (QED) is 0.473. The molecular weight excluding hydrogens is 277 g/mol. The average molecular weight is 279 g/mol. The fraction of sp³-hybridized carbons (Fsp3) is 0.111. The van der Waals surface area contributed by atoms with E-state index >= 15 is 0 Å². The number of benzene rings is 1. The molecule has 94 valence electrons. The lowest BCUT2D eigenvalue weighted by atomic mass is 10.00. The molecule has 0 radical (unpaired) electrons. The number of carbonyl (C=O) groups excluding carboxylic acids is 1. The lowest BCUT2D eigenvalue weighted by Crippen LogP contribution is -2.15. The molecule has 1 aromatic rings. The molecule has 9 heteroatoms. The van der Waals surface area contributed by atoms with Crippen LogP contribution in [0.4, 0.5) is 18.9 Å². The number of nitrogens with zero attached hydrogens (tertiary/aromatic N) is 2. The largest absolute Gasteiger partial charge is 0.418 e. The third-order valence-electron chi connectivity index (χ3n) is 1.98. The normalized spacial score (nSPS) is 10.8. The van der Waals surface area contributed by atoms with E-state index in [4.69, 9.17) is 16.9 Å². The van der Waals surface area contributed by atoms with Crippen molar-refractivity contribution in [2.24, 2.45) is 0 Å². The summed E-state index contributed by atoms with van der Waals surface area (Å²) in [6.45, 7) is 0. The number of nitro groups is 1. The van der Waals surface area contributed by atoms with Gasteiger partial charge in [0.15, 0.2) is 0 Å². The minimum absolute atomic E-state index is 0.615. The molecule has 1 rings (SSSR count). The Morgan fingerprint density at radius 1 is 1.44 bits per heavy atom. The van der Waals surface area contributed by atoms with Gasteiger partial charge in [-0.05, 0) is 17.7 Å². The first-order valence-corrected chi connectivity index (χ1v) is 4.56. The zero-order valence-corrected chi connectivity index (χ0v) is 9.04. The summed E-state index contributed by atoms with van der Waals surface area (Å²) in [6.07, 6.45) is -5.10. The second-order valence-corrected chi connectivity index (χ2v) is 3.37. The summed E-state index contributed by atoms with van der Waals surface area (Å²) in [5.41, 5.74) is -5.02. The summed E-state index contributed by atoms with van der Waals surface area (Å²) in [7, 11) is 0. The maximum Gasteiger partial charge on any atom is 0.418 e. The van der Waals surface area contributed by atoms with E-state index in [0.29, 0.717) is 12.1 Å². The summed E-state index contributed by atoms with van der Waals surface area (Å²) in [6, 6.07) is 2.45. The van der Waals surface area contributed by atoms with Gasteiger partial charge in [0.1, 0.15) is 5.56 Å². The van der Waals surface area contributed by atoms with Crippen molar-refractivity contribution in [3.05, 3.63) is 38.9 Å². The van der Waals surface area contributed by atoms with Crippen molar-refractivity contribution in [2.45, 2.75) is 6.18 Å². The van der Waals surface area contributed by atoms with Gasteiger partial charge in [-0.3, -0.25) is 14.9 Å². The van der Waals surface area contributed by atoms with Crippen LogP contribution in [0.15, 0.2) is 12.1 Å². The fourth-order valence-corrected chi connectivity index (χ4v) is 1.52. The van der Waals surface area contributed by atoms with Crippen molar-refractivity contribution in [1.29, 1.82) is 5.26 Å². The van der Waals surface area contributed by atoms with Crippen LogP contribution in [0.1, 0.15) is 21.5 Å². The Labute approximate surface area is 103 Å². The zero-order valence-electron chi connectivity index (χ0n) is 8.29. The monoisotopic (exact) mass is 278 g/mol. The first-order valence-electron chi connectivity index (χ1n) is 4.18. The first-order chi connectivity index (χ1) is 8.20. The number of halogens is 4. The number of carbonyl (C=O) groups is 1. The Morgan fingerprint density at radius 3 is 2.33 bits per heavy atom. The van der Waals surface area contributed by atoms with Gasteiger partial charge in [-0.1, -0.05) is 0 Å². The van der Waals surface area contributed by atoms with E-state index in [9.17, 15) is 28.1 Å². The molecule has 0 heterocycles. The molecule has 1 aromatic carbocycles. The van der Waals surface area contributed by atoms with Crippen molar-refractivity contribution in [2.75, 3.05) is 0 Å². The van der Waals surface area contributed by atoms with Crippen molar-refractivity contribution in [3.8, 4) is 6.07 Å². The molecule has 0 saturated heterocycles. The van der Waals surface area contributed by atoms with E-state index < -0.39 is 38.7 Å². The molecule has 0 spiro atoms. The molecule has 18 heavy (non-hydrogen) atoms. The molecule has 0 unspecified atom stereocenters. The third kappa shape index (κ3) is 2.41. The van der Waals surface area contributed by atoms with Gasteiger partial charge in [-0.2, -0.15) is 18.4 Å². The highest BCUT2D eigenvalue weighted by atomic mass is 35.5. The summed E-state index contributed by atoms with van der Waals surface area (Å²) < 4.78 is 38.1. The van der Waals surface area contributed by atoms with Gasteiger partial charge in [0.25, 0.3) is 10.9 Å². The van der Waals surface area contributed by atoms with Gasteiger partial charge in [-0.25, -0.2) is 0 Å². The molecule has 0 aromatic heterocycles. The van der Waals surface area contributed by atoms with E-state index in [0.717, 1.165) is 0 Å². The van der Waals surface area contributed by atoms with Gasteiger partial charge < -0.3 is 0 Å². The number of hydrogen-bond acceptors (Lipinski definition) is 4. The Balaban J connectivity index is 3.84. The van der Waals surface area contributed by atoms with Crippen LogP contribution < -0.4 is 0 Å². The Hall–Kier alpha value is -2.14. The number of nitriles is 1. The standard InChI is InChI=1S/C9H2ClF3N2O3/c10-8(16)6-5(15(17)18)2-1-4(3-14)7(6)9(11,12)13/h1-2H. The van der Waals surface area contributed by atoms with Crippen LogP contribution in [-0.4, -0.2) is 10.2 Å². The highest BCUT2D eigenvalue weighted by Crippen LogP contribution is 2.39. The maximum absolute atomic E-state index is 12.7. The number of hydrogen-bond donors (Lipinski definition) is 0. The van der Waals surface area contributed by atoms with E-state index in [2.05, 4.69) is 0 Å². The van der Waals surface area contributed by atoms with Gasteiger partial charge in [-0.15, -0.1) is 0 Å². The lowest BCUT2D eigenvalue weighted by molar-refractivity contribution is -0.385. The molecule has 0 fully saturated rings. The van der Waals surface area contributed by atoms with Gasteiger partial charge in [0.05, 0.1) is 22.1 Å². The van der Waals surface area contributed by atoms with Crippen molar-refractivity contribution in [3.63, 3.8) is 0 Å². The molecule has 0 aliphatic heterocycles. The number of rotatable bonds is 2. The molecular formula is C9H2ClF3N2O3. The van der Waals surface area contributed by atoms with Crippen LogP contribution in [0.2, 0.25) is 0 Å². The van der Waals surface area contributed by atoms with E-state index in [-0.39, 0.29) is 0 Å². The molecule has 5 nitrogen and oxygen atoms in total. The van der Waals surface area contributed by atoms with Crippen LogP contribution in [0.3, 0.4) is 0 Å². The summed E-state index contributed by atoms with van der Waals surface area (Å²) in [4.78, 5) is 20.3. The minimum atomic E-state index is -5.10. The predicted octanol–water partition coefficient (Wildman–Crippen LogP) is 2.86. The van der Waals surface area contributed by atoms with E-state index in [1.165, 1.54) is 6.07 Å². The van der Waals surface area contributed by atoms with Gasteiger partial charge >= 0.3 is 6.18 Å². The van der Waals surface area contributed by atoms with Crippen LogP contribution in [0, 0.1) is 21.4 Å². The lowest BCUT2D eigenvalue weighted by Gasteiger charge is -2.11. The molecule has 0 N–H and O–H groups in total. The van der Waals surface area contributed by atoms with Crippen LogP contribution in [0.5, 0.6) is 0 Å². The Kier molecular flexibility index (Phi) is 3.57. The summed E-state index contributed by atoms with van der Waals surface area (Å²) in [5.74, 6) is 0. The second-order valence-electron chi connectivity index (χ2n) is 3.02. The summed E-state index contributed by atoms with van der Waals surface area (Å²) in [5, 5.41) is 17.4. The first kappa shape index (κ1) is 13.9. The number of alkyl halides is 3. The van der Waals surface area contributed by atoms with Gasteiger partial charge in [0, 0.05) is 6.07 Å². The average Bonchev–Trinajstić information content (AvgIpc) is 2.25. The smallest absolute Gasteiger partial charge is 0.275 e. The highest BCUT2D eigenvalue weighted by Gasteiger charge is 2.41. The minimum Gasteiger partial charge on any atom is -0.275 e. The SMILES string of the molecule is N#Cc1ccc([N+](=O)[O-])c(C(=O)Cl)c1C(F)(F)F. The Morgan fingerprint density at radius 2 is 2.00 bits per heavy atom. The maximum atomic E-state index is 12.7. The Bertz CT molecular complexity index is 578. The fourth-order valence-electron chi connectivity index (χ4n) is 1.33. The predicted molar refractivity (Wildman–Crippen MR) is 53.0 cm³/mol. The molecule has 0 saturated carbocycles. The van der Waals surface area contributed by atoms with Crippen LogP contribution >= 0.6 is 11.6 Å². The van der Waals surface area contributed by atoms with Crippen molar-refractivity contribution < 1.29 is 22.9 Å². The molecule has 0 amide bonds. The zero-order chi connectivity index (χ0) is 14.1. The topological polar surface area (TPSA) is 84.0 Å².